The fraction of sp³-hybridized carbons (Fsp3) is 0.529. The van der Waals surface area contributed by atoms with Crippen LogP contribution >= 0.6 is 15.9 Å². The Kier molecular flexibility index (Phi) is 6.33. The minimum absolute atomic E-state index is 0.0485. The summed E-state index contributed by atoms with van der Waals surface area (Å²) >= 11 is 3.16. The molecule has 1 N–H and O–H groups in total. The smallest absolute Gasteiger partial charge is 0.341 e. The van der Waals surface area contributed by atoms with E-state index in [2.05, 4.69) is 42.0 Å². The van der Waals surface area contributed by atoms with Crippen LogP contribution in [0.25, 0.3) is 0 Å². The molecule has 0 atom stereocenters. The van der Waals surface area contributed by atoms with E-state index in [9.17, 15) is 14.0 Å². The number of ether oxygens (including phenoxy) is 1. The van der Waals surface area contributed by atoms with Gasteiger partial charge in [0.15, 0.2) is 6.61 Å². The van der Waals surface area contributed by atoms with E-state index in [0.29, 0.717) is 4.47 Å². The highest BCUT2D eigenvalue weighted by atomic mass is 79.9. The summed E-state index contributed by atoms with van der Waals surface area (Å²) in [6, 6.07) is 3.96. The van der Waals surface area contributed by atoms with Gasteiger partial charge in [-0.1, -0.05) is 36.7 Å². The lowest BCUT2D eigenvalue weighted by Gasteiger charge is -2.33. The van der Waals surface area contributed by atoms with Crippen LogP contribution in [0.4, 0.5) is 4.39 Å². The molecular weight excluding hydrogens is 365 g/mol. The van der Waals surface area contributed by atoms with Crippen LogP contribution in [0.2, 0.25) is 0 Å². The van der Waals surface area contributed by atoms with Crippen molar-refractivity contribution >= 4 is 27.8 Å². The topological polar surface area (TPSA) is 55.4 Å². The van der Waals surface area contributed by atoms with Crippen molar-refractivity contribution in [2.75, 3.05) is 6.61 Å². The van der Waals surface area contributed by atoms with Crippen molar-refractivity contribution in [1.29, 1.82) is 0 Å². The van der Waals surface area contributed by atoms with Gasteiger partial charge in [0, 0.05) is 10.0 Å². The molecular formula is C17H23BrFNO3. The molecule has 0 saturated heterocycles. The molecule has 0 spiro atoms. The predicted octanol–water partition coefficient (Wildman–Crippen LogP) is 4.08. The summed E-state index contributed by atoms with van der Waals surface area (Å²) in [5.74, 6) is -1.97. The van der Waals surface area contributed by atoms with Gasteiger partial charge in [-0.2, -0.15) is 0 Å². The zero-order chi connectivity index (χ0) is 17.8. The van der Waals surface area contributed by atoms with Gasteiger partial charge in [0.2, 0.25) is 0 Å². The molecule has 23 heavy (non-hydrogen) atoms. The Morgan fingerprint density at radius 2 is 1.83 bits per heavy atom. The zero-order valence-electron chi connectivity index (χ0n) is 14.1. The molecule has 0 heterocycles. The molecule has 0 radical (unpaired) electrons. The summed E-state index contributed by atoms with van der Waals surface area (Å²) in [6.07, 6.45) is 0.764. The third kappa shape index (κ3) is 7.12. The SMILES string of the molecule is CC(C)(C)CC(C)(C)NC(=O)COC(=O)c1cc(Br)ccc1F. The number of amides is 1. The summed E-state index contributed by atoms with van der Waals surface area (Å²) in [5.41, 5.74) is -0.587. The van der Waals surface area contributed by atoms with Crippen LogP contribution in [0.5, 0.6) is 0 Å². The largest absolute Gasteiger partial charge is 0.452 e. The monoisotopic (exact) mass is 387 g/mol. The molecule has 6 heteroatoms. The fourth-order valence-corrected chi connectivity index (χ4v) is 3.01. The van der Waals surface area contributed by atoms with Gasteiger partial charge in [0.05, 0.1) is 5.56 Å². The zero-order valence-corrected chi connectivity index (χ0v) is 15.7. The third-order valence-corrected chi connectivity index (χ3v) is 3.43. The summed E-state index contributed by atoms with van der Waals surface area (Å²) in [6.45, 7) is 9.61. The van der Waals surface area contributed by atoms with Crippen molar-refractivity contribution in [2.45, 2.75) is 46.6 Å². The quantitative estimate of drug-likeness (QED) is 0.774. The minimum Gasteiger partial charge on any atom is -0.452 e. The van der Waals surface area contributed by atoms with Gasteiger partial charge in [-0.25, -0.2) is 9.18 Å². The van der Waals surface area contributed by atoms with E-state index in [1.54, 1.807) is 0 Å². The van der Waals surface area contributed by atoms with E-state index in [1.807, 2.05) is 13.8 Å². The maximum atomic E-state index is 13.6. The fourth-order valence-electron chi connectivity index (χ4n) is 2.65. The molecule has 1 rings (SSSR count). The van der Waals surface area contributed by atoms with E-state index >= 15 is 0 Å². The molecule has 0 aliphatic carbocycles. The number of benzene rings is 1. The number of halogens is 2. The molecule has 128 valence electrons. The van der Waals surface area contributed by atoms with Crippen LogP contribution in [0.3, 0.4) is 0 Å². The van der Waals surface area contributed by atoms with Gasteiger partial charge < -0.3 is 10.1 Å². The van der Waals surface area contributed by atoms with Crippen LogP contribution in [0.1, 0.15) is 51.4 Å². The van der Waals surface area contributed by atoms with Gasteiger partial charge in [0.25, 0.3) is 5.91 Å². The van der Waals surface area contributed by atoms with E-state index in [1.165, 1.54) is 12.1 Å². The Hall–Kier alpha value is -1.43. The lowest BCUT2D eigenvalue weighted by Crippen LogP contribution is -2.47. The average molecular weight is 388 g/mol. The van der Waals surface area contributed by atoms with Crippen molar-refractivity contribution in [2.24, 2.45) is 5.41 Å². The van der Waals surface area contributed by atoms with Gasteiger partial charge in [0.1, 0.15) is 5.82 Å². The highest BCUT2D eigenvalue weighted by molar-refractivity contribution is 9.10. The number of nitrogens with one attached hydrogen (secondary N) is 1. The number of esters is 1. The van der Waals surface area contributed by atoms with Crippen LogP contribution in [-0.2, 0) is 9.53 Å². The second kappa shape index (κ2) is 7.43. The molecule has 0 saturated carbocycles. The number of hydrogen-bond acceptors (Lipinski definition) is 3. The molecule has 0 bridgehead atoms. The van der Waals surface area contributed by atoms with E-state index in [-0.39, 0.29) is 11.0 Å². The van der Waals surface area contributed by atoms with E-state index in [4.69, 9.17) is 4.74 Å². The lowest BCUT2D eigenvalue weighted by atomic mass is 9.82. The third-order valence-electron chi connectivity index (χ3n) is 2.93. The lowest BCUT2D eigenvalue weighted by molar-refractivity contribution is -0.126. The Bertz CT molecular complexity index is 594. The summed E-state index contributed by atoms with van der Waals surface area (Å²) < 4.78 is 19.0. The number of hydrogen-bond donors (Lipinski definition) is 1. The summed E-state index contributed by atoms with van der Waals surface area (Å²) in [5, 5.41) is 2.83. The Labute approximate surface area is 144 Å². The Morgan fingerprint density at radius 1 is 1.22 bits per heavy atom. The Morgan fingerprint density at radius 3 is 2.39 bits per heavy atom. The standard InChI is InChI=1S/C17H23BrFNO3/c1-16(2,3)10-17(4,5)20-14(21)9-23-15(22)12-8-11(18)6-7-13(12)19/h6-8H,9-10H2,1-5H3,(H,20,21). The highest BCUT2D eigenvalue weighted by Crippen LogP contribution is 2.26. The van der Waals surface area contributed by atoms with Crippen molar-refractivity contribution in [3.8, 4) is 0 Å². The summed E-state index contributed by atoms with van der Waals surface area (Å²) in [4.78, 5) is 23.8. The van der Waals surface area contributed by atoms with Crippen LogP contribution in [0, 0.1) is 11.2 Å². The second-order valence-electron chi connectivity index (χ2n) is 7.37. The maximum absolute atomic E-state index is 13.6. The maximum Gasteiger partial charge on any atom is 0.341 e. The first kappa shape index (κ1) is 19.6. The van der Waals surface area contributed by atoms with Gasteiger partial charge in [-0.3, -0.25) is 4.79 Å². The molecule has 1 aromatic rings. The normalized spacial score (nSPS) is 12.0. The molecule has 1 amide bonds. The van der Waals surface area contributed by atoms with E-state index < -0.39 is 29.8 Å². The highest BCUT2D eigenvalue weighted by Gasteiger charge is 2.27. The van der Waals surface area contributed by atoms with Crippen LogP contribution in [-0.4, -0.2) is 24.0 Å². The molecule has 4 nitrogen and oxygen atoms in total. The van der Waals surface area contributed by atoms with Crippen molar-refractivity contribution in [1.82, 2.24) is 5.32 Å². The number of carbonyl (C=O) groups is 2. The van der Waals surface area contributed by atoms with Gasteiger partial charge in [-0.15, -0.1) is 0 Å². The summed E-state index contributed by atoms with van der Waals surface area (Å²) in [7, 11) is 0. The molecule has 0 aromatic heterocycles. The minimum atomic E-state index is -0.868. The molecule has 0 aliphatic heterocycles. The number of rotatable bonds is 5. The second-order valence-corrected chi connectivity index (χ2v) is 8.29. The van der Waals surface area contributed by atoms with Gasteiger partial charge in [-0.05, 0) is 43.9 Å². The predicted molar refractivity (Wildman–Crippen MR) is 90.7 cm³/mol. The average Bonchev–Trinajstić information content (AvgIpc) is 2.35. The Balaban J connectivity index is 2.59. The van der Waals surface area contributed by atoms with Crippen LogP contribution < -0.4 is 5.32 Å². The number of carbonyl (C=O) groups excluding carboxylic acids is 2. The van der Waals surface area contributed by atoms with Crippen molar-refractivity contribution in [3.63, 3.8) is 0 Å². The molecule has 1 aromatic carbocycles. The molecule has 0 unspecified atom stereocenters. The first-order valence-corrected chi connectivity index (χ1v) is 8.12. The first-order valence-electron chi connectivity index (χ1n) is 7.33. The van der Waals surface area contributed by atoms with Crippen molar-refractivity contribution in [3.05, 3.63) is 34.1 Å². The molecule has 0 aliphatic rings. The van der Waals surface area contributed by atoms with Gasteiger partial charge >= 0.3 is 5.97 Å². The first-order chi connectivity index (χ1) is 10.4. The molecule has 0 fully saturated rings. The van der Waals surface area contributed by atoms with E-state index in [0.717, 1.165) is 12.5 Å². The van der Waals surface area contributed by atoms with Crippen LogP contribution in [0.15, 0.2) is 22.7 Å². The van der Waals surface area contributed by atoms with Crippen molar-refractivity contribution < 1.29 is 18.7 Å².